The highest BCUT2D eigenvalue weighted by molar-refractivity contribution is 7.10. The Kier molecular flexibility index (Phi) is 6.41. The molecule has 2 aromatic rings. The molecule has 1 aliphatic heterocycles. The fourth-order valence-electron chi connectivity index (χ4n) is 2.64. The lowest BCUT2D eigenvalue weighted by molar-refractivity contribution is -0.145. The summed E-state index contributed by atoms with van der Waals surface area (Å²) in [6.45, 7) is 1.11. The fraction of sp³-hybridized carbons (Fsp3) is 0.333. The minimum Gasteiger partial charge on any atom is -0.489 e. The first-order valence-electron chi connectivity index (χ1n) is 8.36. The highest BCUT2D eigenvalue weighted by Gasteiger charge is 2.20. The van der Waals surface area contributed by atoms with E-state index in [9.17, 15) is 9.59 Å². The van der Waals surface area contributed by atoms with Crippen LogP contribution in [0.4, 0.5) is 4.79 Å². The Morgan fingerprint density at radius 3 is 2.89 bits per heavy atom. The van der Waals surface area contributed by atoms with Crippen LogP contribution in [0.25, 0.3) is 0 Å². The maximum atomic E-state index is 12.2. The molecular formula is C18H19ClN2O5S. The van der Waals surface area contributed by atoms with E-state index in [-0.39, 0.29) is 13.0 Å². The maximum absolute atomic E-state index is 12.2. The number of esters is 1. The Hall–Kier alpha value is -2.45. The van der Waals surface area contributed by atoms with Gasteiger partial charge in [-0.15, -0.1) is 11.3 Å². The maximum Gasteiger partial charge on any atom is 0.312 e. The van der Waals surface area contributed by atoms with Crippen molar-refractivity contribution >= 4 is 34.9 Å². The summed E-state index contributed by atoms with van der Waals surface area (Å²) < 4.78 is 16.5. The normalized spacial score (nSPS) is 14.1. The number of fused-ring (bicyclic) bond motifs is 1. The van der Waals surface area contributed by atoms with Crippen molar-refractivity contribution in [1.82, 2.24) is 5.32 Å². The van der Waals surface area contributed by atoms with E-state index in [0.29, 0.717) is 35.3 Å². The quantitative estimate of drug-likeness (QED) is 0.711. The van der Waals surface area contributed by atoms with Gasteiger partial charge in [-0.05, 0) is 29.1 Å². The number of rotatable bonds is 6. The second kappa shape index (κ2) is 8.96. The molecule has 9 heteroatoms. The zero-order chi connectivity index (χ0) is 19.2. The van der Waals surface area contributed by atoms with Gasteiger partial charge in [-0.3, -0.25) is 4.79 Å². The van der Waals surface area contributed by atoms with Crippen molar-refractivity contribution in [2.24, 2.45) is 5.73 Å². The van der Waals surface area contributed by atoms with Crippen molar-refractivity contribution in [3.63, 3.8) is 0 Å². The van der Waals surface area contributed by atoms with Crippen molar-refractivity contribution < 1.29 is 23.8 Å². The van der Waals surface area contributed by atoms with Crippen LogP contribution in [0.2, 0.25) is 5.02 Å². The minimum absolute atomic E-state index is 0.0261. The van der Waals surface area contributed by atoms with E-state index in [1.165, 1.54) is 11.3 Å². The third-order valence-corrected chi connectivity index (χ3v) is 5.10. The van der Waals surface area contributed by atoms with Gasteiger partial charge in [0.05, 0.1) is 30.7 Å². The number of ether oxygens (including phenoxy) is 3. The van der Waals surface area contributed by atoms with Crippen LogP contribution < -0.4 is 20.5 Å². The number of carbonyl (C=O) groups is 2. The van der Waals surface area contributed by atoms with E-state index in [2.05, 4.69) is 5.32 Å². The summed E-state index contributed by atoms with van der Waals surface area (Å²) in [6, 6.07) is 5.86. The molecule has 2 heterocycles. The lowest BCUT2D eigenvalue weighted by Gasteiger charge is -2.16. The third kappa shape index (κ3) is 5.27. The molecule has 27 heavy (non-hydrogen) atoms. The molecule has 144 valence electrons. The number of nitrogens with one attached hydrogen (secondary N) is 1. The number of carbonyl (C=O) groups excluding carboxylic acids is 2. The van der Waals surface area contributed by atoms with Gasteiger partial charge in [-0.25, -0.2) is 4.79 Å². The van der Waals surface area contributed by atoms with E-state index in [1.54, 1.807) is 12.1 Å². The van der Waals surface area contributed by atoms with Gasteiger partial charge in [0.15, 0.2) is 11.5 Å². The van der Waals surface area contributed by atoms with Crippen molar-refractivity contribution in [1.29, 1.82) is 0 Å². The molecule has 2 amide bonds. The second-order valence-electron chi connectivity index (χ2n) is 5.90. The molecule has 1 aromatic carbocycles. The predicted molar refractivity (Wildman–Crippen MR) is 101 cm³/mol. The second-order valence-corrected chi connectivity index (χ2v) is 7.28. The van der Waals surface area contributed by atoms with E-state index >= 15 is 0 Å². The summed E-state index contributed by atoms with van der Waals surface area (Å²) in [6.07, 6.45) is 0.744. The van der Waals surface area contributed by atoms with Crippen LogP contribution in [0, 0.1) is 0 Å². The molecule has 0 saturated heterocycles. The number of urea groups is 1. The topological polar surface area (TPSA) is 99.9 Å². The number of hydrogen-bond acceptors (Lipinski definition) is 6. The summed E-state index contributed by atoms with van der Waals surface area (Å²) in [5, 5.41) is 4.83. The van der Waals surface area contributed by atoms with Gasteiger partial charge in [0.1, 0.15) is 6.61 Å². The highest BCUT2D eigenvalue weighted by atomic mass is 35.5. The third-order valence-electron chi connectivity index (χ3n) is 3.84. The molecule has 0 bridgehead atoms. The van der Waals surface area contributed by atoms with E-state index < -0.39 is 18.0 Å². The van der Waals surface area contributed by atoms with Crippen LogP contribution in [0.3, 0.4) is 0 Å². The van der Waals surface area contributed by atoms with Gasteiger partial charge in [0, 0.05) is 11.3 Å². The molecule has 1 aromatic heterocycles. The molecular weight excluding hydrogens is 392 g/mol. The van der Waals surface area contributed by atoms with E-state index in [4.69, 9.17) is 31.5 Å². The number of hydrogen-bond donors (Lipinski definition) is 2. The number of primary amides is 1. The Bertz CT molecular complexity index is 812. The summed E-state index contributed by atoms with van der Waals surface area (Å²) in [4.78, 5) is 24.2. The fourth-order valence-corrected chi connectivity index (χ4v) is 3.71. The molecule has 3 rings (SSSR count). The summed E-state index contributed by atoms with van der Waals surface area (Å²) >= 11 is 7.66. The van der Waals surface area contributed by atoms with Crippen LogP contribution in [0.1, 0.15) is 29.3 Å². The Morgan fingerprint density at radius 2 is 2.15 bits per heavy atom. The first-order chi connectivity index (χ1) is 13.0. The zero-order valence-electron chi connectivity index (χ0n) is 14.4. The van der Waals surface area contributed by atoms with Crippen LogP contribution in [-0.4, -0.2) is 25.2 Å². The largest absolute Gasteiger partial charge is 0.489 e. The molecule has 1 atom stereocenters. The molecule has 0 saturated carbocycles. The van der Waals surface area contributed by atoms with Gasteiger partial charge in [0.2, 0.25) is 0 Å². The average Bonchev–Trinajstić information content (AvgIpc) is 3.05. The summed E-state index contributed by atoms with van der Waals surface area (Å²) in [5.74, 6) is 0.580. The number of amides is 2. The van der Waals surface area contributed by atoms with Gasteiger partial charge in [0.25, 0.3) is 0 Å². The molecule has 0 aliphatic carbocycles. The monoisotopic (exact) mass is 410 g/mol. The molecule has 3 N–H and O–H groups in total. The van der Waals surface area contributed by atoms with Crippen LogP contribution in [0.5, 0.6) is 11.5 Å². The first kappa shape index (κ1) is 19.3. The van der Waals surface area contributed by atoms with Crippen LogP contribution in [-0.2, 0) is 16.1 Å². The number of benzene rings is 1. The smallest absolute Gasteiger partial charge is 0.312 e. The molecule has 7 nitrogen and oxygen atoms in total. The van der Waals surface area contributed by atoms with Gasteiger partial charge in [-0.1, -0.05) is 17.7 Å². The molecule has 0 unspecified atom stereocenters. The van der Waals surface area contributed by atoms with Crippen molar-refractivity contribution in [2.45, 2.75) is 25.5 Å². The van der Waals surface area contributed by atoms with Crippen LogP contribution >= 0.6 is 22.9 Å². The highest BCUT2D eigenvalue weighted by Crippen LogP contribution is 2.38. The number of thiophene rings is 1. The molecule has 0 fully saturated rings. The van der Waals surface area contributed by atoms with Crippen molar-refractivity contribution in [3.8, 4) is 11.5 Å². The van der Waals surface area contributed by atoms with Gasteiger partial charge < -0.3 is 25.3 Å². The SMILES string of the molecule is NC(=O)N[C@@H](CC(=O)OCc1cc(Cl)c2c(c1)OCCCO2)c1cccs1. The Morgan fingerprint density at radius 1 is 1.33 bits per heavy atom. The molecule has 0 radical (unpaired) electrons. The molecule has 1 aliphatic rings. The van der Waals surface area contributed by atoms with Crippen molar-refractivity contribution in [3.05, 3.63) is 45.1 Å². The Balaban J connectivity index is 1.62. The predicted octanol–water partition coefficient (Wildman–Crippen LogP) is 3.41. The van der Waals surface area contributed by atoms with E-state index in [1.807, 2.05) is 17.5 Å². The summed E-state index contributed by atoms with van der Waals surface area (Å²) in [7, 11) is 0. The average molecular weight is 411 g/mol. The molecule has 0 spiro atoms. The number of nitrogens with two attached hydrogens (primary N) is 1. The number of halogens is 1. The van der Waals surface area contributed by atoms with E-state index in [0.717, 1.165) is 11.3 Å². The van der Waals surface area contributed by atoms with Crippen molar-refractivity contribution in [2.75, 3.05) is 13.2 Å². The zero-order valence-corrected chi connectivity index (χ0v) is 16.0. The van der Waals surface area contributed by atoms with Gasteiger partial charge >= 0.3 is 12.0 Å². The Labute approximate surface area is 165 Å². The lowest BCUT2D eigenvalue weighted by atomic mass is 10.1. The first-order valence-corrected chi connectivity index (χ1v) is 9.61. The summed E-state index contributed by atoms with van der Waals surface area (Å²) in [5.41, 5.74) is 5.88. The standard InChI is InChI=1S/C18H19ClN2O5S/c19-12-7-11(8-14-17(12)25-5-2-4-24-14)10-26-16(22)9-13(21-18(20)23)15-3-1-6-27-15/h1,3,6-8,13H,2,4-5,9-10H2,(H3,20,21,23)/t13-/m0/s1. The van der Waals surface area contributed by atoms with Crippen LogP contribution in [0.15, 0.2) is 29.6 Å². The minimum atomic E-state index is -0.698. The van der Waals surface area contributed by atoms with Gasteiger partial charge in [-0.2, -0.15) is 0 Å². The lowest BCUT2D eigenvalue weighted by Crippen LogP contribution is -2.34.